The van der Waals surface area contributed by atoms with E-state index < -0.39 is 0 Å². The van der Waals surface area contributed by atoms with Crippen molar-refractivity contribution in [3.05, 3.63) is 76.6 Å². The summed E-state index contributed by atoms with van der Waals surface area (Å²) in [6, 6.07) is 13.4. The maximum absolute atomic E-state index is 12.0. The van der Waals surface area contributed by atoms with Crippen LogP contribution >= 0.6 is 0 Å². The number of nitro benzene ring substituents is 1. The van der Waals surface area contributed by atoms with Crippen LogP contribution in [0.5, 0.6) is 5.75 Å². The quantitative estimate of drug-likeness (QED) is 0.192. The largest absolute Gasteiger partial charge is 0.494 e. The Labute approximate surface area is 221 Å². The molecule has 0 saturated heterocycles. The lowest BCUT2D eigenvalue weighted by molar-refractivity contribution is -0.384. The van der Waals surface area contributed by atoms with Crippen LogP contribution in [0.4, 0.5) is 23.0 Å². The minimum atomic E-state index is -0.378. The van der Waals surface area contributed by atoms with E-state index in [1.165, 1.54) is 17.3 Å². The van der Waals surface area contributed by atoms with E-state index in [1.807, 2.05) is 49.1 Å². The number of para-hydroxylation sites is 1. The lowest BCUT2D eigenvalue weighted by Crippen LogP contribution is -2.28. The van der Waals surface area contributed by atoms with Gasteiger partial charge >= 0.3 is 0 Å². The number of hydrogen-bond donors (Lipinski definition) is 1. The maximum Gasteiger partial charge on any atom is 0.294 e. The van der Waals surface area contributed by atoms with Gasteiger partial charge in [-0.1, -0.05) is 30.4 Å². The second kappa shape index (κ2) is 10.5. The molecular weight excluding hydrogens is 482 g/mol. The van der Waals surface area contributed by atoms with Gasteiger partial charge in [0.15, 0.2) is 0 Å². The van der Waals surface area contributed by atoms with Crippen molar-refractivity contribution in [2.75, 3.05) is 51.6 Å². The van der Waals surface area contributed by atoms with Gasteiger partial charge in [0.1, 0.15) is 11.4 Å². The fourth-order valence-corrected chi connectivity index (χ4v) is 4.86. The number of nitro groups is 1. The van der Waals surface area contributed by atoms with Crippen molar-refractivity contribution in [2.45, 2.75) is 13.0 Å². The zero-order valence-electron chi connectivity index (χ0n) is 22.0. The Bertz CT molecular complexity index is 1530. The molecule has 38 heavy (non-hydrogen) atoms. The number of rotatable bonds is 9. The molecule has 1 aliphatic rings. The molecule has 1 aliphatic heterocycles. The van der Waals surface area contributed by atoms with Gasteiger partial charge in [0.25, 0.3) is 5.69 Å². The van der Waals surface area contributed by atoms with E-state index in [2.05, 4.69) is 39.2 Å². The molecule has 2 aromatic carbocycles. The molecule has 0 unspecified atom stereocenters. The number of nitrogens with zero attached hydrogens (tertiary/aromatic N) is 6. The zero-order chi connectivity index (χ0) is 26.8. The van der Waals surface area contributed by atoms with Gasteiger partial charge in [0.05, 0.1) is 23.4 Å². The van der Waals surface area contributed by atoms with Crippen molar-refractivity contribution >= 4 is 33.9 Å². The van der Waals surface area contributed by atoms with Crippen molar-refractivity contribution in [3.8, 4) is 17.0 Å². The number of likely N-dealkylation sites (N-methyl/N-ethyl adjacent to an activating group) is 2. The summed E-state index contributed by atoms with van der Waals surface area (Å²) in [5.74, 6) is 0.798. The van der Waals surface area contributed by atoms with Gasteiger partial charge in [-0.05, 0) is 26.2 Å². The fraction of sp³-hybridized carbons (Fsp3) is 0.286. The van der Waals surface area contributed by atoms with Crippen molar-refractivity contribution in [1.29, 1.82) is 0 Å². The highest BCUT2D eigenvalue weighted by Crippen LogP contribution is 2.40. The molecule has 0 spiro atoms. The fourth-order valence-electron chi connectivity index (χ4n) is 4.86. The Morgan fingerprint density at radius 3 is 2.71 bits per heavy atom. The van der Waals surface area contributed by atoms with E-state index in [0.29, 0.717) is 29.6 Å². The molecule has 0 bridgehead atoms. The van der Waals surface area contributed by atoms with Crippen LogP contribution in [0.15, 0.2) is 60.8 Å². The molecule has 2 aromatic heterocycles. The zero-order valence-corrected chi connectivity index (χ0v) is 22.0. The lowest BCUT2D eigenvalue weighted by atomic mass is 10.0. The average molecular weight is 514 g/mol. The minimum absolute atomic E-state index is 0.0232. The lowest BCUT2D eigenvalue weighted by Gasteiger charge is -2.22. The van der Waals surface area contributed by atoms with Crippen molar-refractivity contribution in [1.82, 2.24) is 19.4 Å². The predicted molar refractivity (Wildman–Crippen MR) is 151 cm³/mol. The van der Waals surface area contributed by atoms with Crippen LogP contribution in [0.2, 0.25) is 0 Å². The van der Waals surface area contributed by atoms with Crippen molar-refractivity contribution in [3.63, 3.8) is 0 Å². The molecule has 0 radical (unpaired) electrons. The summed E-state index contributed by atoms with van der Waals surface area (Å²) in [5, 5.41) is 16.3. The first-order chi connectivity index (χ1) is 18.4. The Hall–Kier alpha value is -4.44. The molecule has 0 amide bonds. The molecule has 196 valence electrons. The van der Waals surface area contributed by atoms with Gasteiger partial charge in [-0.2, -0.15) is 0 Å². The van der Waals surface area contributed by atoms with E-state index in [4.69, 9.17) is 9.72 Å². The van der Waals surface area contributed by atoms with Crippen LogP contribution in [0.1, 0.15) is 5.69 Å². The molecule has 0 saturated carbocycles. The predicted octanol–water partition coefficient (Wildman–Crippen LogP) is 4.87. The molecule has 0 atom stereocenters. The third kappa shape index (κ3) is 4.78. The van der Waals surface area contributed by atoms with E-state index in [0.717, 1.165) is 36.2 Å². The van der Waals surface area contributed by atoms with E-state index in [9.17, 15) is 10.1 Å². The Morgan fingerprint density at radius 2 is 1.95 bits per heavy atom. The summed E-state index contributed by atoms with van der Waals surface area (Å²) in [6.45, 7) is 2.20. The highest BCUT2D eigenvalue weighted by Gasteiger charge is 2.23. The smallest absolute Gasteiger partial charge is 0.294 e. The third-order valence-electron chi connectivity index (χ3n) is 6.79. The number of benzene rings is 2. The highest BCUT2D eigenvalue weighted by molar-refractivity contribution is 5.97. The molecular formula is C28H31N7O3. The SMILES string of the molecule is COc1cc(N(C)CCN(C)C)c([N+](=O)[O-])cc1Nc1nccc(-c2c3n(c4ccccc24)CC=CC3)n1. The normalized spacial score (nSPS) is 12.6. The van der Waals surface area contributed by atoms with Crippen LogP contribution in [-0.4, -0.2) is 65.7 Å². The van der Waals surface area contributed by atoms with Gasteiger partial charge < -0.3 is 24.4 Å². The summed E-state index contributed by atoms with van der Waals surface area (Å²) >= 11 is 0. The molecule has 4 aromatic rings. The van der Waals surface area contributed by atoms with Gasteiger partial charge in [0, 0.05) is 73.6 Å². The number of nitrogens with one attached hydrogen (secondary N) is 1. The molecule has 10 nitrogen and oxygen atoms in total. The number of fused-ring (bicyclic) bond motifs is 3. The summed E-state index contributed by atoms with van der Waals surface area (Å²) in [6.07, 6.45) is 6.88. The van der Waals surface area contributed by atoms with E-state index in [-0.39, 0.29) is 10.6 Å². The van der Waals surface area contributed by atoms with Crippen LogP contribution in [0, 0.1) is 10.1 Å². The standard InChI is InChI=1S/C28H31N7O3/c1-32(2)15-16-33(3)24-18-26(38-4)21(17-25(24)35(36)37)31-28-29-13-12-20(30-28)27-19-9-5-6-10-22(19)34-14-8-7-11-23(27)34/h5-10,12-13,17-18H,11,14-16H2,1-4H3,(H,29,30,31). The Kier molecular flexibility index (Phi) is 6.97. The maximum atomic E-state index is 12.0. The van der Waals surface area contributed by atoms with Gasteiger partial charge in [0.2, 0.25) is 5.95 Å². The number of anilines is 3. The Balaban J connectivity index is 1.53. The van der Waals surface area contributed by atoms with Crippen LogP contribution < -0.4 is 15.0 Å². The number of aromatic nitrogens is 3. The first-order valence-corrected chi connectivity index (χ1v) is 12.4. The summed E-state index contributed by atoms with van der Waals surface area (Å²) in [5.41, 5.74) is 5.12. The van der Waals surface area contributed by atoms with E-state index in [1.54, 1.807) is 19.4 Å². The molecule has 0 aliphatic carbocycles. The summed E-state index contributed by atoms with van der Waals surface area (Å²) in [7, 11) is 7.31. The van der Waals surface area contributed by atoms with Crippen LogP contribution in [0.3, 0.4) is 0 Å². The first-order valence-electron chi connectivity index (χ1n) is 12.4. The number of allylic oxidation sites excluding steroid dienone is 2. The monoisotopic (exact) mass is 513 g/mol. The van der Waals surface area contributed by atoms with Crippen LogP contribution in [-0.2, 0) is 13.0 Å². The summed E-state index contributed by atoms with van der Waals surface area (Å²) < 4.78 is 7.93. The Morgan fingerprint density at radius 1 is 1.13 bits per heavy atom. The molecule has 1 N–H and O–H groups in total. The number of methoxy groups -OCH3 is 1. The molecule has 3 heterocycles. The molecule has 0 fully saturated rings. The van der Waals surface area contributed by atoms with Gasteiger partial charge in [-0.15, -0.1) is 0 Å². The van der Waals surface area contributed by atoms with Gasteiger partial charge in [-0.25, -0.2) is 9.97 Å². The molecule has 5 rings (SSSR count). The van der Waals surface area contributed by atoms with Crippen molar-refractivity contribution in [2.24, 2.45) is 0 Å². The van der Waals surface area contributed by atoms with Crippen LogP contribution in [0.25, 0.3) is 22.2 Å². The number of ether oxygens (including phenoxy) is 1. The average Bonchev–Trinajstić information content (AvgIpc) is 3.26. The highest BCUT2D eigenvalue weighted by atomic mass is 16.6. The topological polar surface area (TPSA) is 102 Å². The van der Waals surface area contributed by atoms with E-state index >= 15 is 0 Å². The number of hydrogen-bond acceptors (Lipinski definition) is 8. The van der Waals surface area contributed by atoms with Gasteiger partial charge in [-0.3, -0.25) is 10.1 Å². The third-order valence-corrected chi connectivity index (χ3v) is 6.79. The molecule has 10 heteroatoms. The second-order valence-electron chi connectivity index (χ2n) is 9.54. The summed E-state index contributed by atoms with van der Waals surface area (Å²) in [4.78, 5) is 24.7. The first kappa shape index (κ1) is 25.2. The minimum Gasteiger partial charge on any atom is -0.494 e. The second-order valence-corrected chi connectivity index (χ2v) is 9.54. The van der Waals surface area contributed by atoms with Crippen molar-refractivity contribution < 1.29 is 9.66 Å².